The fraction of sp³-hybridized carbons (Fsp3) is 0.538. The Morgan fingerprint density at radius 3 is 2.39 bits per heavy atom. The predicted octanol–water partition coefficient (Wildman–Crippen LogP) is 4.22. The first-order valence-corrected chi connectivity index (χ1v) is 11.8. The molecule has 0 saturated heterocycles. The molecule has 180 valence electrons. The standard InChI is InChI=1S/C26H36N2O5/c1-5-6-14-28(26(30)21-9-10-21)18-25(29)27(17-22-11-7-19(2)33-22)15-13-20-8-12-23(31-3)24(16-20)32-4/h7-8,11-12,16,21H,5-6,9-10,13-15,17-18H2,1-4H3. The van der Waals surface area contributed by atoms with Crippen molar-refractivity contribution in [3.63, 3.8) is 0 Å². The van der Waals surface area contributed by atoms with Crippen molar-refractivity contribution in [3.05, 3.63) is 47.4 Å². The Hall–Kier alpha value is -2.96. The Kier molecular flexibility index (Phi) is 8.80. The van der Waals surface area contributed by atoms with Gasteiger partial charge in [0.1, 0.15) is 11.5 Å². The summed E-state index contributed by atoms with van der Waals surface area (Å²) in [6.45, 7) is 5.60. The summed E-state index contributed by atoms with van der Waals surface area (Å²) < 4.78 is 16.5. The zero-order valence-corrected chi connectivity index (χ0v) is 20.3. The number of amides is 2. The van der Waals surface area contributed by atoms with E-state index in [9.17, 15) is 9.59 Å². The number of benzene rings is 1. The monoisotopic (exact) mass is 456 g/mol. The van der Waals surface area contributed by atoms with Crippen LogP contribution in [0.15, 0.2) is 34.7 Å². The second-order valence-corrected chi connectivity index (χ2v) is 8.65. The molecule has 1 saturated carbocycles. The Balaban J connectivity index is 1.72. The van der Waals surface area contributed by atoms with Crippen molar-refractivity contribution in [3.8, 4) is 11.5 Å². The molecule has 1 aliphatic carbocycles. The van der Waals surface area contributed by atoms with Crippen LogP contribution in [0.25, 0.3) is 0 Å². The van der Waals surface area contributed by atoms with Crippen LogP contribution in [0.1, 0.15) is 49.7 Å². The first-order chi connectivity index (χ1) is 15.9. The second kappa shape index (κ2) is 11.8. The van der Waals surface area contributed by atoms with Gasteiger partial charge in [-0.15, -0.1) is 0 Å². The fourth-order valence-electron chi connectivity index (χ4n) is 3.82. The maximum Gasteiger partial charge on any atom is 0.242 e. The molecule has 1 aromatic carbocycles. The molecule has 0 N–H and O–H groups in total. The Labute approximate surface area is 196 Å². The van der Waals surface area contributed by atoms with E-state index in [0.29, 0.717) is 37.6 Å². The molecule has 0 radical (unpaired) electrons. The van der Waals surface area contributed by atoms with Crippen molar-refractivity contribution in [2.75, 3.05) is 33.9 Å². The topological polar surface area (TPSA) is 72.2 Å². The Morgan fingerprint density at radius 2 is 1.79 bits per heavy atom. The lowest BCUT2D eigenvalue weighted by Gasteiger charge is -2.27. The number of aryl methyl sites for hydroxylation is 1. The van der Waals surface area contributed by atoms with Crippen molar-refractivity contribution in [2.45, 2.75) is 52.5 Å². The molecule has 33 heavy (non-hydrogen) atoms. The van der Waals surface area contributed by atoms with Gasteiger partial charge in [0.25, 0.3) is 0 Å². The van der Waals surface area contributed by atoms with Crippen molar-refractivity contribution in [2.24, 2.45) is 5.92 Å². The van der Waals surface area contributed by atoms with Crippen LogP contribution in [0.4, 0.5) is 0 Å². The zero-order valence-electron chi connectivity index (χ0n) is 20.3. The largest absolute Gasteiger partial charge is 0.493 e. The molecule has 0 unspecified atom stereocenters. The number of unbranched alkanes of at least 4 members (excludes halogenated alkanes) is 1. The van der Waals surface area contributed by atoms with Crippen LogP contribution in [0.3, 0.4) is 0 Å². The maximum absolute atomic E-state index is 13.4. The van der Waals surface area contributed by atoms with Crippen LogP contribution in [0.5, 0.6) is 11.5 Å². The highest BCUT2D eigenvalue weighted by Crippen LogP contribution is 2.31. The van der Waals surface area contributed by atoms with Gasteiger partial charge in [0.2, 0.25) is 11.8 Å². The molecule has 2 aromatic rings. The number of carbonyl (C=O) groups is 2. The summed E-state index contributed by atoms with van der Waals surface area (Å²) in [6, 6.07) is 9.58. The number of methoxy groups -OCH3 is 2. The highest BCUT2D eigenvalue weighted by atomic mass is 16.5. The molecule has 1 aliphatic rings. The van der Waals surface area contributed by atoms with E-state index in [2.05, 4.69) is 6.92 Å². The van der Waals surface area contributed by atoms with E-state index in [0.717, 1.165) is 42.8 Å². The van der Waals surface area contributed by atoms with Crippen molar-refractivity contribution >= 4 is 11.8 Å². The van der Waals surface area contributed by atoms with Gasteiger partial charge in [-0.1, -0.05) is 19.4 Å². The smallest absolute Gasteiger partial charge is 0.242 e. The number of hydrogen-bond acceptors (Lipinski definition) is 5. The van der Waals surface area contributed by atoms with Gasteiger partial charge in [-0.25, -0.2) is 0 Å². The SMILES string of the molecule is CCCCN(CC(=O)N(CCc1ccc(OC)c(OC)c1)Cc1ccc(C)o1)C(=O)C1CC1. The summed E-state index contributed by atoms with van der Waals surface area (Å²) in [6.07, 6.45) is 4.40. The van der Waals surface area contributed by atoms with Gasteiger partial charge in [0, 0.05) is 19.0 Å². The molecule has 2 amide bonds. The van der Waals surface area contributed by atoms with E-state index >= 15 is 0 Å². The third-order valence-corrected chi connectivity index (χ3v) is 5.96. The van der Waals surface area contributed by atoms with Crippen molar-refractivity contribution in [1.82, 2.24) is 9.80 Å². The molecule has 0 atom stereocenters. The summed E-state index contributed by atoms with van der Waals surface area (Å²) in [4.78, 5) is 29.7. The minimum Gasteiger partial charge on any atom is -0.493 e. The van der Waals surface area contributed by atoms with Crippen LogP contribution >= 0.6 is 0 Å². The Bertz CT molecular complexity index is 935. The summed E-state index contributed by atoms with van der Waals surface area (Å²) in [7, 11) is 3.22. The molecular weight excluding hydrogens is 420 g/mol. The summed E-state index contributed by atoms with van der Waals surface area (Å²) in [5.41, 5.74) is 1.04. The highest BCUT2D eigenvalue weighted by Gasteiger charge is 2.34. The number of nitrogens with zero attached hydrogens (tertiary/aromatic N) is 2. The molecule has 3 rings (SSSR count). The average molecular weight is 457 g/mol. The van der Waals surface area contributed by atoms with Crippen LogP contribution in [0.2, 0.25) is 0 Å². The molecule has 0 bridgehead atoms. The van der Waals surface area contributed by atoms with Gasteiger partial charge in [-0.2, -0.15) is 0 Å². The third kappa shape index (κ3) is 7.01. The molecule has 1 aromatic heterocycles. The molecule has 0 aliphatic heterocycles. The maximum atomic E-state index is 13.4. The number of ether oxygens (including phenoxy) is 2. The van der Waals surface area contributed by atoms with Gasteiger partial charge in [-0.3, -0.25) is 9.59 Å². The van der Waals surface area contributed by atoms with Crippen LogP contribution in [0, 0.1) is 12.8 Å². The molecule has 1 fully saturated rings. The van der Waals surface area contributed by atoms with E-state index in [1.165, 1.54) is 0 Å². The number of hydrogen-bond donors (Lipinski definition) is 0. The molecule has 0 spiro atoms. The first kappa shape index (κ1) is 24.7. The highest BCUT2D eigenvalue weighted by molar-refractivity contribution is 5.87. The number of carbonyl (C=O) groups excluding carboxylic acids is 2. The van der Waals surface area contributed by atoms with Gasteiger partial charge in [-0.05, 0) is 62.4 Å². The van der Waals surface area contributed by atoms with Crippen molar-refractivity contribution < 1.29 is 23.5 Å². The fourth-order valence-corrected chi connectivity index (χ4v) is 3.82. The lowest BCUT2D eigenvalue weighted by molar-refractivity contribution is -0.141. The molecule has 1 heterocycles. The van der Waals surface area contributed by atoms with E-state index in [4.69, 9.17) is 13.9 Å². The van der Waals surface area contributed by atoms with Crippen LogP contribution in [-0.4, -0.2) is 55.5 Å². The van der Waals surface area contributed by atoms with Crippen LogP contribution in [-0.2, 0) is 22.6 Å². The predicted molar refractivity (Wildman–Crippen MR) is 126 cm³/mol. The normalized spacial score (nSPS) is 13.0. The van der Waals surface area contributed by atoms with E-state index < -0.39 is 0 Å². The van der Waals surface area contributed by atoms with Gasteiger partial charge >= 0.3 is 0 Å². The van der Waals surface area contributed by atoms with Crippen LogP contribution < -0.4 is 9.47 Å². The lowest BCUT2D eigenvalue weighted by Crippen LogP contribution is -2.44. The summed E-state index contributed by atoms with van der Waals surface area (Å²) in [5, 5.41) is 0. The molecule has 7 heteroatoms. The molecule has 7 nitrogen and oxygen atoms in total. The minimum absolute atomic E-state index is 0.0605. The molecular formula is C26H36N2O5. The first-order valence-electron chi connectivity index (χ1n) is 11.8. The summed E-state index contributed by atoms with van der Waals surface area (Å²) >= 11 is 0. The van der Waals surface area contributed by atoms with E-state index in [1.807, 2.05) is 37.3 Å². The summed E-state index contributed by atoms with van der Waals surface area (Å²) in [5.74, 6) is 3.04. The minimum atomic E-state index is -0.0605. The van der Waals surface area contributed by atoms with E-state index in [1.54, 1.807) is 24.0 Å². The second-order valence-electron chi connectivity index (χ2n) is 8.65. The van der Waals surface area contributed by atoms with Gasteiger partial charge < -0.3 is 23.7 Å². The van der Waals surface area contributed by atoms with Gasteiger partial charge in [0.05, 0.1) is 27.3 Å². The zero-order chi connectivity index (χ0) is 23.8. The van der Waals surface area contributed by atoms with Crippen molar-refractivity contribution in [1.29, 1.82) is 0 Å². The lowest BCUT2D eigenvalue weighted by atomic mass is 10.1. The van der Waals surface area contributed by atoms with Gasteiger partial charge in [0.15, 0.2) is 11.5 Å². The quantitative estimate of drug-likeness (QED) is 0.451. The van der Waals surface area contributed by atoms with E-state index in [-0.39, 0.29) is 24.3 Å². The number of furan rings is 1. The average Bonchev–Trinajstić information content (AvgIpc) is 3.59. The Morgan fingerprint density at radius 1 is 1.03 bits per heavy atom. The third-order valence-electron chi connectivity index (χ3n) is 5.96. The number of rotatable bonds is 13.